The summed E-state index contributed by atoms with van der Waals surface area (Å²) >= 11 is 0. The molecule has 1 heterocycles. The van der Waals surface area contributed by atoms with Gasteiger partial charge in [-0.1, -0.05) is 11.6 Å². The Morgan fingerprint density at radius 1 is 1.09 bits per heavy atom. The van der Waals surface area contributed by atoms with Gasteiger partial charge in [0.15, 0.2) is 11.6 Å². The van der Waals surface area contributed by atoms with Crippen molar-refractivity contribution in [2.24, 2.45) is 5.10 Å². The van der Waals surface area contributed by atoms with Crippen molar-refractivity contribution in [3.05, 3.63) is 69.5 Å². The predicted molar refractivity (Wildman–Crippen MR) is 122 cm³/mol. The fraction of sp³-hybridized carbons (Fsp3) is 0.400. The molecule has 0 fully saturated rings. The van der Waals surface area contributed by atoms with Gasteiger partial charge >= 0.3 is 0 Å². The van der Waals surface area contributed by atoms with Crippen LogP contribution in [0.15, 0.2) is 46.7 Å². The molecular formula is C25H27N5O2. The molecule has 0 radical (unpaired) electrons. The highest BCUT2D eigenvalue weighted by atomic mass is 16.1. The number of nitrogens with one attached hydrogen (secondary N) is 1. The fourth-order valence-electron chi connectivity index (χ4n) is 5.46. The van der Waals surface area contributed by atoms with Gasteiger partial charge in [-0.15, -0.1) is 10.2 Å². The maximum Gasteiger partial charge on any atom is 0.192 e. The zero-order valence-corrected chi connectivity index (χ0v) is 18.7. The molecule has 1 unspecified atom stereocenters. The first-order chi connectivity index (χ1) is 15.5. The van der Waals surface area contributed by atoms with E-state index in [0.29, 0.717) is 6.42 Å². The summed E-state index contributed by atoms with van der Waals surface area (Å²) in [5.74, 6) is 0.114. The van der Waals surface area contributed by atoms with E-state index in [1.807, 2.05) is 20.9 Å². The SMILES string of the molecule is CN/C(C)=C1\C(=O)c2c(cc(C)c3c2CCCC3=O)C1C1=C/C(=N/n2cnnc2)CCC1. The first kappa shape index (κ1) is 20.5. The van der Waals surface area contributed by atoms with Crippen molar-refractivity contribution in [3.63, 3.8) is 0 Å². The van der Waals surface area contributed by atoms with Crippen molar-refractivity contribution in [2.75, 3.05) is 7.05 Å². The minimum Gasteiger partial charge on any atom is -0.391 e. The lowest BCUT2D eigenvalue weighted by Crippen LogP contribution is -2.17. The van der Waals surface area contributed by atoms with E-state index in [1.165, 1.54) is 5.57 Å². The number of carbonyl (C=O) groups excluding carboxylic acids is 2. The third-order valence-corrected chi connectivity index (χ3v) is 6.89. The molecule has 1 aromatic heterocycles. The lowest BCUT2D eigenvalue weighted by molar-refractivity contribution is 0.0971. The van der Waals surface area contributed by atoms with E-state index in [9.17, 15) is 9.59 Å². The maximum absolute atomic E-state index is 13.8. The minimum absolute atomic E-state index is 0.0616. The van der Waals surface area contributed by atoms with E-state index in [4.69, 9.17) is 0 Å². The summed E-state index contributed by atoms with van der Waals surface area (Å²) in [6.45, 7) is 3.97. The summed E-state index contributed by atoms with van der Waals surface area (Å²) < 4.78 is 1.62. The van der Waals surface area contributed by atoms with Gasteiger partial charge in [-0.25, -0.2) is 4.68 Å². The smallest absolute Gasteiger partial charge is 0.192 e. The Hall–Kier alpha value is -3.35. The number of benzene rings is 1. The van der Waals surface area contributed by atoms with Gasteiger partial charge in [-0.05, 0) is 68.7 Å². The third-order valence-electron chi connectivity index (χ3n) is 6.89. The van der Waals surface area contributed by atoms with E-state index < -0.39 is 0 Å². The summed E-state index contributed by atoms with van der Waals surface area (Å²) in [4.78, 5) is 26.5. The molecule has 0 aliphatic heterocycles. The van der Waals surface area contributed by atoms with E-state index >= 15 is 0 Å². The Kier molecular flexibility index (Phi) is 5.12. The Bertz CT molecular complexity index is 1220. The number of Topliss-reactive ketones (excluding diaryl/α,β-unsaturated/α-hetero) is 2. The molecule has 164 valence electrons. The molecule has 5 rings (SSSR count). The number of fused-ring (bicyclic) bond motifs is 3. The Morgan fingerprint density at radius 2 is 1.84 bits per heavy atom. The molecule has 2 aromatic rings. The van der Waals surface area contributed by atoms with Crippen LogP contribution in [-0.2, 0) is 6.42 Å². The molecule has 1 aromatic carbocycles. The van der Waals surface area contributed by atoms with Crippen LogP contribution in [-0.4, -0.2) is 39.2 Å². The second kappa shape index (κ2) is 7.97. The molecule has 0 bridgehead atoms. The highest BCUT2D eigenvalue weighted by Gasteiger charge is 2.42. The molecule has 0 spiro atoms. The third kappa shape index (κ3) is 3.23. The van der Waals surface area contributed by atoms with E-state index in [1.54, 1.807) is 17.3 Å². The van der Waals surface area contributed by atoms with Crippen molar-refractivity contribution >= 4 is 17.3 Å². The molecule has 7 nitrogen and oxygen atoms in total. The Balaban J connectivity index is 1.70. The summed E-state index contributed by atoms with van der Waals surface area (Å²) in [5.41, 5.74) is 8.36. The van der Waals surface area contributed by atoms with Crippen LogP contribution in [0.5, 0.6) is 0 Å². The number of aryl methyl sites for hydroxylation is 1. The van der Waals surface area contributed by atoms with Crippen LogP contribution in [0.2, 0.25) is 0 Å². The van der Waals surface area contributed by atoms with Crippen LogP contribution in [0.4, 0.5) is 0 Å². The molecular weight excluding hydrogens is 402 g/mol. The standard InChI is InChI=1S/C25H27N5O2/c1-14-10-19-23(16-6-4-7-17(11-16)29-30-12-27-28-13-30)22(15(2)26-3)25(32)24(19)18-8-5-9-20(31)21(14)18/h10-13,23,26H,4-9H2,1-3H3/b22-15-,29-17+. The summed E-state index contributed by atoms with van der Waals surface area (Å²) in [6.07, 6.45) is 10.2. The average Bonchev–Trinajstić information content (AvgIpc) is 3.39. The quantitative estimate of drug-likeness (QED) is 0.748. The molecule has 7 heteroatoms. The van der Waals surface area contributed by atoms with Crippen LogP contribution in [0, 0.1) is 6.92 Å². The van der Waals surface area contributed by atoms with Crippen molar-refractivity contribution in [1.29, 1.82) is 0 Å². The summed E-state index contributed by atoms with van der Waals surface area (Å²) in [7, 11) is 1.86. The number of hydrogen-bond donors (Lipinski definition) is 1. The van der Waals surface area contributed by atoms with Gasteiger partial charge in [-0.3, -0.25) is 9.59 Å². The van der Waals surface area contributed by atoms with Crippen LogP contribution in [0.25, 0.3) is 0 Å². The van der Waals surface area contributed by atoms with Crippen LogP contribution in [0.3, 0.4) is 0 Å². The second-order valence-electron chi connectivity index (χ2n) is 8.84. The highest BCUT2D eigenvalue weighted by Crippen LogP contribution is 2.48. The van der Waals surface area contributed by atoms with Crippen molar-refractivity contribution in [1.82, 2.24) is 20.2 Å². The number of allylic oxidation sites excluding steroid dienone is 4. The Morgan fingerprint density at radius 3 is 2.59 bits per heavy atom. The number of hydrogen-bond acceptors (Lipinski definition) is 6. The minimum atomic E-state index is -0.114. The molecule has 32 heavy (non-hydrogen) atoms. The van der Waals surface area contributed by atoms with Gasteiger partial charge in [0.25, 0.3) is 0 Å². The molecule has 3 aliphatic rings. The molecule has 0 saturated carbocycles. The number of rotatable bonds is 3. The van der Waals surface area contributed by atoms with Crippen molar-refractivity contribution in [3.8, 4) is 0 Å². The van der Waals surface area contributed by atoms with Gasteiger partial charge in [-0.2, -0.15) is 5.10 Å². The Labute approximate surface area is 187 Å². The van der Waals surface area contributed by atoms with Gasteiger partial charge in [0.2, 0.25) is 0 Å². The lowest BCUT2D eigenvalue weighted by atomic mass is 9.79. The first-order valence-corrected chi connectivity index (χ1v) is 11.2. The highest BCUT2D eigenvalue weighted by molar-refractivity contribution is 6.18. The van der Waals surface area contributed by atoms with E-state index in [2.05, 4.69) is 32.8 Å². The number of aromatic nitrogens is 3. The molecule has 0 amide bonds. The van der Waals surface area contributed by atoms with Gasteiger partial charge in [0.05, 0.1) is 5.71 Å². The van der Waals surface area contributed by atoms with Crippen LogP contribution in [0.1, 0.15) is 82.4 Å². The van der Waals surface area contributed by atoms with Crippen molar-refractivity contribution in [2.45, 2.75) is 58.3 Å². The van der Waals surface area contributed by atoms with E-state index in [-0.39, 0.29) is 17.5 Å². The van der Waals surface area contributed by atoms with Crippen molar-refractivity contribution < 1.29 is 9.59 Å². The summed E-state index contributed by atoms with van der Waals surface area (Å²) in [6, 6.07) is 2.09. The normalized spacial score (nSPS) is 23.2. The molecule has 1 N–H and O–H groups in total. The molecule has 3 aliphatic carbocycles. The van der Waals surface area contributed by atoms with Crippen LogP contribution < -0.4 is 5.32 Å². The van der Waals surface area contributed by atoms with Gasteiger partial charge in [0, 0.05) is 41.8 Å². The number of nitrogens with zero attached hydrogens (tertiary/aromatic N) is 4. The predicted octanol–water partition coefficient (Wildman–Crippen LogP) is 3.89. The zero-order valence-electron chi connectivity index (χ0n) is 18.7. The topological polar surface area (TPSA) is 89.2 Å². The average molecular weight is 430 g/mol. The fourth-order valence-corrected chi connectivity index (χ4v) is 5.46. The monoisotopic (exact) mass is 429 g/mol. The van der Waals surface area contributed by atoms with Gasteiger partial charge < -0.3 is 5.32 Å². The number of carbonyl (C=O) groups is 2. The zero-order chi connectivity index (χ0) is 22.4. The largest absolute Gasteiger partial charge is 0.391 e. The lowest BCUT2D eigenvalue weighted by Gasteiger charge is -2.24. The maximum atomic E-state index is 13.8. The molecule has 1 atom stereocenters. The van der Waals surface area contributed by atoms with Crippen LogP contribution >= 0.6 is 0 Å². The number of ketones is 2. The van der Waals surface area contributed by atoms with Gasteiger partial charge in [0.1, 0.15) is 12.7 Å². The second-order valence-corrected chi connectivity index (χ2v) is 8.84. The first-order valence-electron chi connectivity index (χ1n) is 11.2. The molecule has 0 saturated heterocycles. The summed E-state index contributed by atoms with van der Waals surface area (Å²) in [5, 5.41) is 15.5. The van der Waals surface area contributed by atoms with E-state index in [0.717, 1.165) is 76.9 Å².